The first kappa shape index (κ1) is 15.6. The molecule has 0 N–H and O–H groups in total. The highest BCUT2D eigenvalue weighted by atomic mass is 16.6. The van der Waals surface area contributed by atoms with E-state index in [1.807, 2.05) is 0 Å². The van der Waals surface area contributed by atoms with Gasteiger partial charge >= 0.3 is 5.69 Å². The molecule has 0 bridgehead atoms. The number of hydrogen-bond donors (Lipinski definition) is 0. The number of hydrogen-bond acceptors (Lipinski definition) is 8. The van der Waals surface area contributed by atoms with Gasteiger partial charge in [0.05, 0.1) is 26.5 Å². The van der Waals surface area contributed by atoms with Crippen molar-refractivity contribution >= 4 is 28.4 Å². The average Bonchev–Trinajstić information content (AvgIpc) is 2.52. The van der Waals surface area contributed by atoms with Crippen molar-refractivity contribution in [1.29, 1.82) is 0 Å². The summed E-state index contributed by atoms with van der Waals surface area (Å²) in [6.45, 7) is 0. The van der Waals surface area contributed by atoms with Crippen molar-refractivity contribution in [2.75, 3.05) is 0 Å². The summed E-state index contributed by atoms with van der Waals surface area (Å²) in [4.78, 5) is 29.9. The molecule has 0 radical (unpaired) electrons. The van der Waals surface area contributed by atoms with Crippen molar-refractivity contribution in [2.24, 2.45) is 10.2 Å². The van der Waals surface area contributed by atoms with Gasteiger partial charge in [-0.05, 0) is 18.2 Å². The molecule has 0 aliphatic heterocycles. The molecular weight excluding hydrogens is 310 g/mol. The van der Waals surface area contributed by atoms with Gasteiger partial charge < -0.3 is 0 Å². The normalized spacial score (nSPS) is 10.6. The average molecular weight is 317 g/mol. The molecule has 0 atom stereocenters. The topological polar surface area (TPSA) is 154 Å². The van der Waals surface area contributed by atoms with E-state index in [0.717, 1.165) is 18.2 Å². The van der Waals surface area contributed by atoms with Crippen molar-refractivity contribution in [3.63, 3.8) is 0 Å². The van der Waals surface area contributed by atoms with Crippen LogP contribution in [0.25, 0.3) is 0 Å². The van der Waals surface area contributed by atoms with Gasteiger partial charge in [0.1, 0.15) is 0 Å². The van der Waals surface area contributed by atoms with Gasteiger partial charge in [-0.2, -0.15) is 5.11 Å². The van der Waals surface area contributed by atoms with Gasteiger partial charge in [-0.15, -0.1) is 5.11 Å². The number of nitro benzene ring substituents is 3. The molecule has 2 aromatic rings. The third-order valence-corrected chi connectivity index (χ3v) is 2.70. The number of rotatable bonds is 5. The van der Waals surface area contributed by atoms with Crippen LogP contribution in [0.3, 0.4) is 0 Å². The molecule has 0 unspecified atom stereocenters. The Balaban J connectivity index is 2.33. The second-order valence-corrected chi connectivity index (χ2v) is 4.16. The summed E-state index contributed by atoms with van der Waals surface area (Å²) >= 11 is 0. The number of nitro groups is 3. The van der Waals surface area contributed by atoms with Gasteiger partial charge in [0, 0.05) is 18.2 Å². The monoisotopic (exact) mass is 317 g/mol. The van der Waals surface area contributed by atoms with Gasteiger partial charge in [0.2, 0.25) is 0 Å². The highest BCUT2D eigenvalue weighted by Gasteiger charge is 2.19. The number of non-ortho nitro benzene ring substituents is 2. The van der Waals surface area contributed by atoms with Crippen LogP contribution in [0.1, 0.15) is 0 Å². The van der Waals surface area contributed by atoms with Crippen LogP contribution in [0, 0.1) is 30.3 Å². The Kier molecular flexibility index (Phi) is 4.31. The Morgan fingerprint density at radius 1 is 0.696 bits per heavy atom. The minimum atomic E-state index is -0.808. The maximum atomic E-state index is 10.9. The number of nitrogens with zero attached hydrogens (tertiary/aromatic N) is 5. The Labute approximate surface area is 127 Å². The fourth-order valence-corrected chi connectivity index (χ4v) is 1.61. The van der Waals surface area contributed by atoms with Crippen molar-refractivity contribution in [2.45, 2.75) is 0 Å². The predicted molar refractivity (Wildman–Crippen MR) is 77.0 cm³/mol. The summed E-state index contributed by atoms with van der Waals surface area (Å²) in [5, 5.41) is 39.5. The van der Waals surface area contributed by atoms with Gasteiger partial charge in [-0.25, -0.2) is 0 Å². The van der Waals surface area contributed by atoms with E-state index >= 15 is 0 Å². The highest BCUT2D eigenvalue weighted by molar-refractivity contribution is 5.61. The van der Waals surface area contributed by atoms with Crippen LogP contribution < -0.4 is 0 Å². The third kappa shape index (κ3) is 3.66. The zero-order valence-corrected chi connectivity index (χ0v) is 11.2. The summed E-state index contributed by atoms with van der Waals surface area (Å²) in [7, 11) is 0. The van der Waals surface area contributed by atoms with Crippen molar-refractivity contribution < 1.29 is 14.8 Å². The van der Waals surface area contributed by atoms with E-state index in [0.29, 0.717) is 0 Å². The fourth-order valence-electron chi connectivity index (χ4n) is 1.61. The molecule has 11 heteroatoms. The van der Waals surface area contributed by atoms with Crippen LogP contribution >= 0.6 is 0 Å². The SMILES string of the molecule is O=[N+]([O-])c1ccc(/N=N/c2ccc([N+](=O)[O-])cc2[N+](=O)[O-])cc1. The summed E-state index contributed by atoms with van der Waals surface area (Å²) in [6.07, 6.45) is 0. The minimum absolute atomic E-state index is 0.134. The maximum absolute atomic E-state index is 10.9. The van der Waals surface area contributed by atoms with E-state index < -0.39 is 26.1 Å². The molecule has 0 saturated carbocycles. The molecule has 0 aliphatic rings. The van der Waals surface area contributed by atoms with Crippen LogP contribution in [-0.4, -0.2) is 14.8 Å². The van der Waals surface area contributed by atoms with Crippen LogP contribution in [-0.2, 0) is 0 Å². The smallest absolute Gasteiger partial charge is 0.258 e. The predicted octanol–water partition coefficient (Wildman–Crippen LogP) is 3.83. The first-order chi connectivity index (χ1) is 10.9. The summed E-state index contributed by atoms with van der Waals surface area (Å²) in [5.74, 6) is 0. The number of azo groups is 1. The van der Waals surface area contributed by atoms with Gasteiger partial charge in [-0.1, -0.05) is 0 Å². The molecule has 11 nitrogen and oxygen atoms in total. The lowest BCUT2D eigenvalue weighted by Crippen LogP contribution is -1.92. The molecule has 0 saturated heterocycles. The van der Waals surface area contributed by atoms with E-state index in [1.54, 1.807) is 0 Å². The van der Waals surface area contributed by atoms with E-state index in [9.17, 15) is 30.3 Å². The van der Waals surface area contributed by atoms with Gasteiger partial charge in [0.15, 0.2) is 5.69 Å². The summed E-state index contributed by atoms with van der Waals surface area (Å²) < 4.78 is 0. The van der Waals surface area contributed by atoms with E-state index in [-0.39, 0.29) is 17.1 Å². The zero-order chi connectivity index (χ0) is 17.0. The highest BCUT2D eigenvalue weighted by Crippen LogP contribution is 2.32. The van der Waals surface area contributed by atoms with Crippen LogP contribution in [0.15, 0.2) is 52.7 Å². The standard InChI is InChI=1S/C12H7N5O6/c18-15(19)9-3-1-8(2-4-9)13-14-11-6-5-10(16(20)21)7-12(11)17(22)23/h1-7H/b14-13+. The Bertz CT molecular complexity index is 817. The molecule has 0 aliphatic carbocycles. The third-order valence-electron chi connectivity index (χ3n) is 2.70. The number of benzene rings is 2. The van der Waals surface area contributed by atoms with Gasteiger partial charge in [0.25, 0.3) is 11.4 Å². The van der Waals surface area contributed by atoms with Gasteiger partial charge in [-0.3, -0.25) is 30.3 Å². The molecule has 2 aromatic carbocycles. The largest absolute Gasteiger partial charge is 0.303 e. The first-order valence-corrected chi connectivity index (χ1v) is 5.97. The summed E-state index contributed by atoms with van der Waals surface area (Å²) in [5.41, 5.74) is -1.07. The van der Waals surface area contributed by atoms with E-state index in [4.69, 9.17) is 0 Å². The lowest BCUT2D eigenvalue weighted by molar-refractivity contribution is -0.393. The summed E-state index contributed by atoms with van der Waals surface area (Å²) in [6, 6.07) is 8.00. The fraction of sp³-hybridized carbons (Fsp3) is 0. The van der Waals surface area contributed by atoms with Crippen LogP contribution in [0.5, 0.6) is 0 Å². The van der Waals surface area contributed by atoms with Crippen LogP contribution in [0.2, 0.25) is 0 Å². The zero-order valence-electron chi connectivity index (χ0n) is 11.2. The molecule has 23 heavy (non-hydrogen) atoms. The quantitative estimate of drug-likeness (QED) is 0.463. The lowest BCUT2D eigenvalue weighted by Gasteiger charge is -1.97. The Morgan fingerprint density at radius 2 is 1.26 bits per heavy atom. The Morgan fingerprint density at radius 3 is 1.78 bits per heavy atom. The minimum Gasteiger partial charge on any atom is -0.258 e. The van der Waals surface area contributed by atoms with Crippen molar-refractivity contribution in [3.8, 4) is 0 Å². The molecule has 116 valence electrons. The molecule has 0 spiro atoms. The molecule has 0 heterocycles. The molecule has 2 rings (SSSR count). The van der Waals surface area contributed by atoms with Crippen molar-refractivity contribution in [3.05, 3.63) is 72.8 Å². The lowest BCUT2D eigenvalue weighted by atomic mass is 10.2. The maximum Gasteiger partial charge on any atom is 0.303 e. The second-order valence-electron chi connectivity index (χ2n) is 4.16. The molecule has 0 amide bonds. The van der Waals surface area contributed by atoms with E-state index in [2.05, 4.69) is 10.2 Å². The van der Waals surface area contributed by atoms with Crippen molar-refractivity contribution in [1.82, 2.24) is 0 Å². The second kappa shape index (κ2) is 6.34. The van der Waals surface area contributed by atoms with Crippen LogP contribution in [0.4, 0.5) is 28.4 Å². The molecule has 0 aromatic heterocycles. The Hall–Kier alpha value is -3.76. The van der Waals surface area contributed by atoms with E-state index in [1.165, 1.54) is 24.3 Å². The molecular formula is C12H7N5O6. The molecule has 0 fully saturated rings. The first-order valence-electron chi connectivity index (χ1n) is 5.97.